The fraction of sp³-hybridized carbons (Fsp3) is 0.0690. The molecular weight excluding hydrogens is 561 g/mol. The molecule has 0 atom stereocenters. The van der Waals surface area contributed by atoms with E-state index in [0.717, 1.165) is 31.3 Å². The van der Waals surface area contributed by atoms with Crippen molar-refractivity contribution >= 4 is 90.0 Å². The average Bonchev–Trinajstić information content (AvgIpc) is 3.52. The van der Waals surface area contributed by atoms with Gasteiger partial charge in [-0.2, -0.15) is 0 Å². The van der Waals surface area contributed by atoms with Gasteiger partial charge in [-0.1, -0.05) is 65.7 Å². The van der Waals surface area contributed by atoms with Gasteiger partial charge in [-0.25, -0.2) is 14.6 Å². The standard InChI is InChI=1S/C29H17Cl2NO4S2/c1-14-7-9-17-21(11-14)37-25(23(17)30)27-32-19(28(33)36-27)13-16-5-3-4-6-20(16)35-29(34)26-24(31)18-10-8-15(2)12-22(18)38-26/h3-13H,1-2H3/b19-13+. The molecule has 0 radical (unpaired) electrons. The average molecular weight is 578 g/mol. The van der Waals surface area contributed by atoms with Gasteiger partial charge in [0.25, 0.3) is 0 Å². The summed E-state index contributed by atoms with van der Waals surface area (Å²) in [7, 11) is 0. The maximum Gasteiger partial charge on any atom is 0.363 e. The molecule has 0 unspecified atom stereocenters. The number of para-hydroxylation sites is 1. The third-order valence-electron chi connectivity index (χ3n) is 5.98. The summed E-state index contributed by atoms with van der Waals surface area (Å²) in [6.07, 6.45) is 1.53. The predicted molar refractivity (Wildman–Crippen MR) is 155 cm³/mol. The number of nitrogens with zero attached hydrogens (tertiary/aromatic N) is 1. The van der Waals surface area contributed by atoms with Crippen molar-refractivity contribution in [3.8, 4) is 5.75 Å². The quantitative estimate of drug-likeness (QED) is 0.122. The molecule has 9 heteroatoms. The van der Waals surface area contributed by atoms with Crippen molar-refractivity contribution in [2.24, 2.45) is 4.99 Å². The van der Waals surface area contributed by atoms with Crippen molar-refractivity contribution < 1.29 is 19.1 Å². The Morgan fingerprint density at radius 2 is 1.58 bits per heavy atom. The van der Waals surface area contributed by atoms with Crippen molar-refractivity contribution in [2.75, 3.05) is 0 Å². The van der Waals surface area contributed by atoms with E-state index in [4.69, 9.17) is 32.7 Å². The van der Waals surface area contributed by atoms with Gasteiger partial charge in [-0.3, -0.25) is 0 Å². The molecule has 0 saturated carbocycles. The molecule has 3 aromatic carbocycles. The van der Waals surface area contributed by atoms with Gasteiger partial charge in [0.05, 0.1) is 10.0 Å². The first-order valence-corrected chi connectivity index (χ1v) is 13.9. The van der Waals surface area contributed by atoms with Gasteiger partial charge in [0, 0.05) is 25.7 Å². The van der Waals surface area contributed by atoms with E-state index in [2.05, 4.69) is 4.99 Å². The van der Waals surface area contributed by atoms with E-state index in [1.54, 1.807) is 24.3 Å². The molecule has 6 rings (SSSR count). The molecule has 5 aromatic rings. The number of hydrogen-bond donors (Lipinski definition) is 0. The molecule has 0 amide bonds. The highest BCUT2D eigenvalue weighted by atomic mass is 35.5. The van der Waals surface area contributed by atoms with Crippen molar-refractivity contribution in [3.05, 3.63) is 103 Å². The summed E-state index contributed by atoms with van der Waals surface area (Å²) in [5, 5.41) is 2.52. The zero-order valence-corrected chi connectivity index (χ0v) is 23.1. The molecule has 0 N–H and O–H groups in total. The third kappa shape index (κ3) is 4.41. The first-order valence-electron chi connectivity index (χ1n) is 11.5. The number of aliphatic imine (C=N–C) groups is 1. The van der Waals surface area contributed by atoms with Crippen LogP contribution in [0.4, 0.5) is 0 Å². The lowest BCUT2D eigenvalue weighted by Crippen LogP contribution is -2.08. The monoisotopic (exact) mass is 577 g/mol. The SMILES string of the molecule is Cc1ccc2c(Cl)c(C(=O)Oc3ccccc3/C=C3/N=C(c4sc5cc(C)ccc5c4Cl)OC3=O)sc2c1. The summed E-state index contributed by atoms with van der Waals surface area (Å²) < 4.78 is 13.1. The van der Waals surface area contributed by atoms with E-state index in [9.17, 15) is 9.59 Å². The molecule has 38 heavy (non-hydrogen) atoms. The Hall–Kier alpha value is -3.49. The lowest BCUT2D eigenvalue weighted by Gasteiger charge is -2.07. The number of ether oxygens (including phenoxy) is 2. The molecule has 1 aliphatic heterocycles. The zero-order valence-electron chi connectivity index (χ0n) is 20.0. The van der Waals surface area contributed by atoms with Crippen LogP contribution < -0.4 is 4.74 Å². The molecule has 2 aromatic heterocycles. The Morgan fingerprint density at radius 3 is 2.32 bits per heavy atom. The lowest BCUT2D eigenvalue weighted by molar-refractivity contribution is -0.129. The number of halogens is 2. The molecular formula is C29H17Cl2NO4S2. The maximum atomic E-state index is 13.1. The second-order valence-electron chi connectivity index (χ2n) is 8.75. The molecule has 188 valence electrons. The highest BCUT2D eigenvalue weighted by Crippen LogP contribution is 2.39. The largest absolute Gasteiger partial charge is 0.422 e. The molecule has 5 nitrogen and oxygen atoms in total. The fourth-order valence-corrected chi connectivity index (χ4v) is 7.13. The van der Waals surface area contributed by atoms with Crippen LogP contribution in [0.1, 0.15) is 31.2 Å². The van der Waals surface area contributed by atoms with Crippen LogP contribution in [0.15, 0.2) is 71.4 Å². The minimum Gasteiger partial charge on any atom is -0.422 e. The van der Waals surface area contributed by atoms with Crippen LogP contribution in [0.2, 0.25) is 10.0 Å². The number of esters is 2. The summed E-state index contributed by atoms with van der Waals surface area (Å²) >= 11 is 15.8. The summed E-state index contributed by atoms with van der Waals surface area (Å²) in [5.41, 5.74) is 2.74. The topological polar surface area (TPSA) is 65.0 Å². The summed E-state index contributed by atoms with van der Waals surface area (Å²) in [6, 6.07) is 18.6. The highest BCUT2D eigenvalue weighted by molar-refractivity contribution is 7.22. The minimum absolute atomic E-state index is 0.0728. The number of fused-ring (bicyclic) bond motifs is 2. The smallest absolute Gasteiger partial charge is 0.363 e. The van der Waals surface area contributed by atoms with Gasteiger partial charge in [-0.15, -0.1) is 22.7 Å². The van der Waals surface area contributed by atoms with Crippen molar-refractivity contribution in [2.45, 2.75) is 13.8 Å². The maximum absolute atomic E-state index is 13.1. The van der Waals surface area contributed by atoms with Crippen molar-refractivity contribution in [1.29, 1.82) is 0 Å². The normalized spacial score (nSPS) is 14.4. The van der Waals surface area contributed by atoms with Crippen LogP contribution in [-0.2, 0) is 9.53 Å². The number of aryl methyl sites for hydroxylation is 2. The Bertz CT molecular complexity index is 1870. The van der Waals surface area contributed by atoms with E-state index >= 15 is 0 Å². The van der Waals surface area contributed by atoms with Gasteiger partial charge in [0.15, 0.2) is 5.70 Å². The fourth-order valence-electron chi connectivity index (χ4n) is 4.11. The van der Waals surface area contributed by atoms with E-state index in [1.165, 1.54) is 28.7 Å². The number of carbonyl (C=O) groups excluding carboxylic acids is 2. The van der Waals surface area contributed by atoms with Gasteiger partial charge in [0.1, 0.15) is 15.5 Å². The lowest BCUT2D eigenvalue weighted by atomic mass is 10.1. The van der Waals surface area contributed by atoms with Gasteiger partial charge >= 0.3 is 11.9 Å². The van der Waals surface area contributed by atoms with Crippen molar-refractivity contribution in [3.63, 3.8) is 0 Å². The first-order chi connectivity index (χ1) is 18.3. The molecule has 0 bridgehead atoms. The molecule has 3 heterocycles. The van der Waals surface area contributed by atoms with Crippen LogP contribution in [0.25, 0.3) is 26.2 Å². The van der Waals surface area contributed by atoms with Crippen LogP contribution in [0.5, 0.6) is 5.75 Å². The van der Waals surface area contributed by atoms with Crippen molar-refractivity contribution in [1.82, 2.24) is 0 Å². The van der Waals surface area contributed by atoms with Crippen LogP contribution in [0.3, 0.4) is 0 Å². The predicted octanol–water partition coefficient (Wildman–Crippen LogP) is 8.60. The van der Waals surface area contributed by atoms with E-state index in [0.29, 0.717) is 25.4 Å². The summed E-state index contributed by atoms with van der Waals surface area (Å²) in [4.78, 5) is 31.1. The number of rotatable bonds is 4. The van der Waals surface area contributed by atoms with E-state index in [1.807, 2.05) is 50.2 Å². The summed E-state index contributed by atoms with van der Waals surface area (Å²) in [6.45, 7) is 3.98. The highest BCUT2D eigenvalue weighted by Gasteiger charge is 2.28. The molecule has 0 fully saturated rings. The van der Waals surface area contributed by atoms with Gasteiger partial charge in [0.2, 0.25) is 5.90 Å². The number of hydrogen-bond acceptors (Lipinski definition) is 7. The molecule has 0 aliphatic carbocycles. The van der Waals surface area contributed by atoms with Crippen LogP contribution in [-0.4, -0.2) is 17.8 Å². The number of cyclic esters (lactones) is 1. The number of carbonyl (C=O) groups is 2. The van der Waals surface area contributed by atoms with Gasteiger partial charge in [-0.05, 0) is 49.2 Å². The molecule has 0 spiro atoms. The minimum atomic E-state index is -0.617. The summed E-state index contributed by atoms with van der Waals surface area (Å²) in [5.74, 6) is -0.785. The third-order valence-corrected chi connectivity index (χ3v) is 9.27. The molecule has 1 aliphatic rings. The van der Waals surface area contributed by atoms with E-state index in [-0.39, 0.29) is 17.3 Å². The van der Waals surface area contributed by atoms with E-state index < -0.39 is 11.9 Å². The second kappa shape index (κ2) is 9.67. The Morgan fingerprint density at radius 1 is 0.921 bits per heavy atom. The van der Waals surface area contributed by atoms with Crippen LogP contribution >= 0.6 is 45.9 Å². The Labute approximate surface area is 235 Å². The van der Waals surface area contributed by atoms with Gasteiger partial charge < -0.3 is 9.47 Å². The number of benzene rings is 3. The first kappa shape index (κ1) is 24.8. The Balaban J connectivity index is 1.32. The Kier molecular flexibility index (Phi) is 6.32. The number of thiophene rings is 2. The van der Waals surface area contributed by atoms with Crippen LogP contribution in [0, 0.1) is 13.8 Å². The molecule has 0 saturated heterocycles. The zero-order chi connectivity index (χ0) is 26.6. The second-order valence-corrected chi connectivity index (χ2v) is 11.6.